The minimum atomic E-state index is -0.899. The van der Waals surface area contributed by atoms with E-state index in [1.165, 1.54) is 0 Å². The lowest BCUT2D eigenvalue weighted by molar-refractivity contribution is -0.137. The summed E-state index contributed by atoms with van der Waals surface area (Å²) in [5, 5.41) is 8.68. The molecule has 0 spiro atoms. The molecule has 0 saturated heterocycles. The summed E-state index contributed by atoms with van der Waals surface area (Å²) in [5.74, 6) is -0.660. The van der Waals surface area contributed by atoms with Crippen molar-refractivity contribution in [3.05, 3.63) is 16.5 Å². The fourth-order valence-electron chi connectivity index (χ4n) is 1.61. The summed E-state index contributed by atoms with van der Waals surface area (Å²) >= 11 is 3.21. The van der Waals surface area contributed by atoms with Crippen LogP contribution in [-0.2, 0) is 4.79 Å². The van der Waals surface area contributed by atoms with Crippen LogP contribution >= 0.6 is 23.1 Å². The second kappa shape index (κ2) is 3.98. The molecular formula is C10H10O3S2. The summed E-state index contributed by atoms with van der Waals surface area (Å²) in [6.45, 7) is 1.96. The lowest BCUT2D eigenvalue weighted by Gasteiger charge is -2.18. The van der Waals surface area contributed by atoms with E-state index in [1.807, 2.05) is 13.0 Å². The van der Waals surface area contributed by atoms with Crippen LogP contribution < -0.4 is 0 Å². The van der Waals surface area contributed by atoms with Gasteiger partial charge in [-0.2, -0.15) is 0 Å². The number of aryl methyl sites for hydroxylation is 1. The predicted molar refractivity (Wildman–Crippen MR) is 59.9 cm³/mol. The van der Waals surface area contributed by atoms with Gasteiger partial charge < -0.3 is 5.11 Å². The number of rotatable bonds is 2. The van der Waals surface area contributed by atoms with Crippen LogP contribution in [0.15, 0.2) is 10.3 Å². The molecule has 0 saturated carbocycles. The van der Waals surface area contributed by atoms with E-state index in [0.717, 1.165) is 14.6 Å². The molecular weight excluding hydrogens is 232 g/mol. The highest BCUT2D eigenvalue weighted by molar-refractivity contribution is 8.01. The third kappa shape index (κ3) is 2.08. The van der Waals surface area contributed by atoms with E-state index in [1.54, 1.807) is 23.1 Å². The Balaban J connectivity index is 2.25. The number of carboxylic acid groups (broad SMARTS) is 1. The van der Waals surface area contributed by atoms with Gasteiger partial charge in [0.25, 0.3) is 0 Å². The van der Waals surface area contributed by atoms with Crippen molar-refractivity contribution in [2.75, 3.05) is 5.75 Å². The molecule has 2 rings (SSSR count). The largest absolute Gasteiger partial charge is 0.481 e. The summed E-state index contributed by atoms with van der Waals surface area (Å²) in [6.07, 6.45) is -0.0554. The van der Waals surface area contributed by atoms with E-state index < -0.39 is 5.97 Å². The number of aliphatic carboxylic acids is 1. The maximum Gasteiger partial charge on any atom is 0.304 e. The number of thiophene rings is 1. The topological polar surface area (TPSA) is 54.4 Å². The third-order valence-corrected chi connectivity index (χ3v) is 4.79. The number of carbonyl (C=O) groups is 2. The Bertz CT molecular complexity index is 422. The molecule has 0 aromatic carbocycles. The number of carboxylic acids is 1. The molecule has 0 bridgehead atoms. The quantitative estimate of drug-likeness (QED) is 0.865. The number of thioether (sulfide) groups is 1. The second-order valence-electron chi connectivity index (χ2n) is 3.53. The van der Waals surface area contributed by atoms with Crippen molar-refractivity contribution in [3.8, 4) is 0 Å². The van der Waals surface area contributed by atoms with Crippen LogP contribution in [0.4, 0.5) is 0 Å². The van der Waals surface area contributed by atoms with E-state index in [4.69, 9.17) is 5.11 Å². The SMILES string of the molecule is Cc1cc2c(s1)SCC(CC(=O)O)C2=O. The van der Waals surface area contributed by atoms with Gasteiger partial charge in [0.2, 0.25) is 0 Å². The summed E-state index contributed by atoms with van der Waals surface area (Å²) < 4.78 is 1.04. The highest BCUT2D eigenvalue weighted by atomic mass is 32.2. The first-order valence-corrected chi connectivity index (χ1v) is 6.37. The lowest BCUT2D eigenvalue weighted by Crippen LogP contribution is -2.23. The number of fused-ring (bicyclic) bond motifs is 1. The van der Waals surface area contributed by atoms with E-state index in [2.05, 4.69) is 0 Å². The van der Waals surface area contributed by atoms with Gasteiger partial charge in [-0.25, -0.2) is 0 Å². The summed E-state index contributed by atoms with van der Waals surface area (Å²) in [7, 11) is 0. The van der Waals surface area contributed by atoms with Gasteiger partial charge in [-0.3, -0.25) is 9.59 Å². The molecule has 1 aromatic heterocycles. The molecule has 1 atom stereocenters. The molecule has 1 aliphatic rings. The second-order valence-corrected chi connectivity index (χ2v) is 6.07. The monoisotopic (exact) mass is 242 g/mol. The van der Waals surface area contributed by atoms with E-state index in [0.29, 0.717) is 5.75 Å². The van der Waals surface area contributed by atoms with Crippen LogP contribution in [0.3, 0.4) is 0 Å². The minimum Gasteiger partial charge on any atom is -0.481 e. The van der Waals surface area contributed by atoms with Gasteiger partial charge in [0, 0.05) is 22.1 Å². The number of carbonyl (C=O) groups excluding carboxylic acids is 1. The van der Waals surface area contributed by atoms with Crippen molar-refractivity contribution >= 4 is 34.9 Å². The van der Waals surface area contributed by atoms with Crippen LogP contribution in [0.5, 0.6) is 0 Å². The van der Waals surface area contributed by atoms with Gasteiger partial charge in [0.1, 0.15) is 0 Å². The van der Waals surface area contributed by atoms with Crippen LogP contribution in [0.1, 0.15) is 21.7 Å². The van der Waals surface area contributed by atoms with Crippen molar-refractivity contribution in [1.82, 2.24) is 0 Å². The van der Waals surface area contributed by atoms with Crippen LogP contribution in [0.2, 0.25) is 0 Å². The fourth-order valence-corrected chi connectivity index (χ4v) is 4.12. The number of hydrogen-bond acceptors (Lipinski definition) is 4. The first-order valence-electron chi connectivity index (χ1n) is 4.57. The standard InChI is InChI=1S/C10H10O3S2/c1-5-2-7-9(13)6(3-8(11)12)4-14-10(7)15-5/h2,6H,3-4H2,1H3,(H,11,12). The molecule has 0 amide bonds. The summed E-state index contributed by atoms with van der Waals surface area (Å²) in [6, 6.07) is 1.86. The Kier molecular flexibility index (Phi) is 2.84. The first kappa shape index (κ1) is 10.7. The van der Waals surface area contributed by atoms with Crippen molar-refractivity contribution in [3.63, 3.8) is 0 Å². The molecule has 80 valence electrons. The Labute approximate surface area is 95.5 Å². The highest BCUT2D eigenvalue weighted by Gasteiger charge is 2.30. The molecule has 1 aliphatic heterocycles. The molecule has 0 fully saturated rings. The van der Waals surface area contributed by atoms with Crippen molar-refractivity contribution in [2.45, 2.75) is 17.6 Å². The molecule has 0 radical (unpaired) electrons. The molecule has 1 unspecified atom stereocenters. The minimum absolute atomic E-state index is 0.00417. The smallest absolute Gasteiger partial charge is 0.304 e. The van der Waals surface area contributed by atoms with Gasteiger partial charge in [0.15, 0.2) is 5.78 Å². The molecule has 1 aromatic rings. The molecule has 0 aliphatic carbocycles. The van der Waals surface area contributed by atoms with Gasteiger partial charge in [-0.05, 0) is 13.0 Å². The third-order valence-electron chi connectivity index (χ3n) is 2.29. The van der Waals surface area contributed by atoms with Gasteiger partial charge >= 0.3 is 5.97 Å². The van der Waals surface area contributed by atoms with Gasteiger partial charge in [0.05, 0.1) is 10.6 Å². The zero-order valence-electron chi connectivity index (χ0n) is 8.15. The maximum atomic E-state index is 11.9. The number of hydrogen-bond donors (Lipinski definition) is 1. The number of Topliss-reactive ketones (excluding diaryl/α,β-unsaturated/α-hetero) is 1. The van der Waals surface area contributed by atoms with E-state index in [-0.39, 0.29) is 18.1 Å². The molecule has 15 heavy (non-hydrogen) atoms. The Morgan fingerprint density at radius 2 is 2.40 bits per heavy atom. The average Bonchev–Trinajstić information content (AvgIpc) is 2.51. The zero-order chi connectivity index (χ0) is 11.0. The van der Waals surface area contributed by atoms with Crippen LogP contribution in [0.25, 0.3) is 0 Å². The van der Waals surface area contributed by atoms with E-state index in [9.17, 15) is 9.59 Å². The van der Waals surface area contributed by atoms with Crippen molar-refractivity contribution in [1.29, 1.82) is 0 Å². The average molecular weight is 242 g/mol. The zero-order valence-corrected chi connectivity index (χ0v) is 9.78. The van der Waals surface area contributed by atoms with Crippen LogP contribution in [-0.4, -0.2) is 22.6 Å². The lowest BCUT2D eigenvalue weighted by atomic mass is 9.97. The first-order chi connectivity index (χ1) is 7.08. The summed E-state index contributed by atoms with van der Waals surface area (Å²) in [5.41, 5.74) is 0.722. The Hall–Kier alpha value is -0.810. The van der Waals surface area contributed by atoms with Crippen molar-refractivity contribution in [2.24, 2.45) is 5.92 Å². The van der Waals surface area contributed by atoms with Crippen molar-refractivity contribution < 1.29 is 14.7 Å². The predicted octanol–water partition coefficient (Wildman–Crippen LogP) is 2.44. The molecule has 2 heterocycles. The van der Waals surface area contributed by atoms with Gasteiger partial charge in [-0.1, -0.05) is 0 Å². The summed E-state index contributed by atoms with van der Waals surface area (Å²) in [4.78, 5) is 23.6. The molecule has 1 N–H and O–H groups in total. The van der Waals surface area contributed by atoms with Crippen LogP contribution in [0, 0.1) is 12.8 Å². The highest BCUT2D eigenvalue weighted by Crippen LogP contribution is 2.39. The Morgan fingerprint density at radius 3 is 3.07 bits per heavy atom. The number of ketones is 1. The Morgan fingerprint density at radius 1 is 1.67 bits per heavy atom. The van der Waals surface area contributed by atoms with E-state index >= 15 is 0 Å². The molecule has 3 nitrogen and oxygen atoms in total. The fraction of sp³-hybridized carbons (Fsp3) is 0.400. The maximum absolute atomic E-state index is 11.9. The van der Waals surface area contributed by atoms with Gasteiger partial charge in [-0.15, -0.1) is 23.1 Å². The molecule has 5 heteroatoms. The normalized spacial score (nSPS) is 20.1.